The largest absolute Gasteiger partial charge is 0.393 e. The number of nitrogens with zero attached hydrogens (tertiary/aromatic N) is 3. The molecule has 0 radical (unpaired) electrons. The molecule has 1 saturated heterocycles. The van der Waals surface area contributed by atoms with Gasteiger partial charge < -0.3 is 20.5 Å². The minimum atomic E-state index is -0.156. The van der Waals surface area contributed by atoms with Gasteiger partial charge >= 0.3 is 0 Å². The highest BCUT2D eigenvalue weighted by atomic mass is 16.5. The Hall–Kier alpha value is -1.96. The molecule has 5 rings (SSSR count). The zero-order valence-electron chi connectivity index (χ0n) is 18.0. The summed E-state index contributed by atoms with van der Waals surface area (Å²) < 4.78 is 7.35. The van der Waals surface area contributed by atoms with E-state index in [-0.39, 0.29) is 12.1 Å². The normalized spacial score (nSPS) is 29.8. The van der Waals surface area contributed by atoms with Crippen molar-refractivity contribution < 1.29 is 9.84 Å². The molecule has 3 atom stereocenters. The van der Waals surface area contributed by atoms with Crippen LogP contribution in [0.1, 0.15) is 69.0 Å². The van der Waals surface area contributed by atoms with E-state index in [4.69, 9.17) is 9.84 Å². The van der Waals surface area contributed by atoms with Crippen molar-refractivity contribution in [1.29, 1.82) is 0 Å². The smallest absolute Gasteiger partial charge is 0.241 e. The van der Waals surface area contributed by atoms with Crippen LogP contribution in [0.4, 0.5) is 5.95 Å². The van der Waals surface area contributed by atoms with E-state index < -0.39 is 0 Å². The standard InChI is InChI=1S/C23H33N5O2/c1-14(13-30-2)25-23-24-12-22-20(16-9-17-5-6-18(10-16)26-17)11-21(28(22)27-23)15-3-7-19(29)8-4-15/h9,11-12,14-15,17-19,26,29H,3-8,10,13H2,1-2H3,(H,25,27)/t14-,15?,17+,18-,19?/m0/s1. The van der Waals surface area contributed by atoms with E-state index in [2.05, 4.69) is 39.2 Å². The van der Waals surface area contributed by atoms with Crippen LogP contribution in [0.3, 0.4) is 0 Å². The fraction of sp³-hybridized carbons (Fsp3) is 0.652. The Kier molecular flexibility index (Phi) is 5.52. The van der Waals surface area contributed by atoms with Crippen molar-refractivity contribution in [1.82, 2.24) is 19.9 Å². The molecule has 7 heteroatoms. The van der Waals surface area contributed by atoms with Crippen LogP contribution in [0, 0.1) is 0 Å². The monoisotopic (exact) mass is 411 g/mol. The first kappa shape index (κ1) is 20.0. The van der Waals surface area contributed by atoms with E-state index >= 15 is 0 Å². The van der Waals surface area contributed by atoms with Gasteiger partial charge in [0.15, 0.2) is 0 Å². The molecule has 1 saturated carbocycles. The molecule has 0 unspecified atom stereocenters. The number of fused-ring (bicyclic) bond motifs is 3. The summed E-state index contributed by atoms with van der Waals surface area (Å²) in [5.41, 5.74) is 5.06. The van der Waals surface area contributed by atoms with Gasteiger partial charge in [-0.3, -0.25) is 0 Å². The Labute approximate surface area is 177 Å². The summed E-state index contributed by atoms with van der Waals surface area (Å²) in [5.74, 6) is 1.05. The van der Waals surface area contributed by atoms with Crippen LogP contribution in [0.15, 0.2) is 18.3 Å². The Morgan fingerprint density at radius 2 is 2.10 bits per heavy atom. The molecule has 1 aliphatic carbocycles. The van der Waals surface area contributed by atoms with E-state index in [1.54, 1.807) is 7.11 Å². The highest BCUT2D eigenvalue weighted by Crippen LogP contribution is 2.39. The quantitative estimate of drug-likeness (QED) is 0.677. The van der Waals surface area contributed by atoms with Crippen molar-refractivity contribution in [2.45, 2.75) is 82.0 Å². The summed E-state index contributed by atoms with van der Waals surface area (Å²) in [6, 6.07) is 3.58. The van der Waals surface area contributed by atoms with Gasteiger partial charge in [0.25, 0.3) is 0 Å². The molecule has 0 spiro atoms. The summed E-state index contributed by atoms with van der Waals surface area (Å²) in [7, 11) is 1.70. The number of methoxy groups -OCH3 is 1. The molecule has 2 fully saturated rings. The number of aliphatic hydroxyl groups excluding tert-OH is 1. The number of aromatic nitrogens is 3. The predicted octanol–water partition coefficient (Wildman–Crippen LogP) is 3.10. The number of hydrogen-bond donors (Lipinski definition) is 3. The third-order valence-corrected chi connectivity index (χ3v) is 6.94. The molecular formula is C23H33N5O2. The van der Waals surface area contributed by atoms with Crippen LogP contribution < -0.4 is 10.6 Å². The van der Waals surface area contributed by atoms with Crippen LogP contribution in [-0.4, -0.2) is 57.7 Å². The van der Waals surface area contributed by atoms with Crippen LogP contribution >= 0.6 is 0 Å². The molecule has 4 heterocycles. The summed E-state index contributed by atoms with van der Waals surface area (Å²) in [6.07, 6.45) is 11.5. The topological polar surface area (TPSA) is 83.7 Å². The summed E-state index contributed by atoms with van der Waals surface area (Å²) >= 11 is 0. The SMILES string of the molecule is COC[C@H](C)Nc1ncc2c(C3=C[C@H]4CC[C@@H](C3)N4)cc(C3CCC(O)CC3)n2n1. The predicted molar refractivity (Wildman–Crippen MR) is 118 cm³/mol. The fourth-order valence-corrected chi connectivity index (χ4v) is 5.43. The zero-order chi connectivity index (χ0) is 20.7. The molecule has 2 aromatic rings. The van der Waals surface area contributed by atoms with Crippen molar-refractivity contribution in [3.8, 4) is 0 Å². The first-order valence-electron chi connectivity index (χ1n) is 11.4. The van der Waals surface area contributed by atoms with Gasteiger partial charge in [-0.05, 0) is 63.5 Å². The molecule has 0 aromatic carbocycles. The molecule has 2 aliphatic heterocycles. The van der Waals surface area contributed by atoms with Crippen LogP contribution in [0.25, 0.3) is 11.1 Å². The van der Waals surface area contributed by atoms with Crippen molar-refractivity contribution >= 4 is 17.0 Å². The van der Waals surface area contributed by atoms with Crippen LogP contribution in [-0.2, 0) is 4.74 Å². The number of ether oxygens (including phenoxy) is 1. The Balaban J connectivity index is 1.54. The van der Waals surface area contributed by atoms with Crippen molar-refractivity contribution in [2.24, 2.45) is 0 Å². The van der Waals surface area contributed by atoms with Crippen LogP contribution in [0.5, 0.6) is 0 Å². The summed E-state index contributed by atoms with van der Waals surface area (Å²) in [6.45, 7) is 2.67. The van der Waals surface area contributed by atoms with E-state index in [0.29, 0.717) is 30.6 Å². The van der Waals surface area contributed by atoms with Crippen molar-refractivity contribution in [3.05, 3.63) is 29.6 Å². The van der Waals surface area contributed by atoms with Crippen molar-refractivity contribution in [2.75, 3.05) is 19.0 Å². The van der Waals surface area contributed by atoms with E-state index in [1.807, 2.05) is 6.20 Å². The second-order valence-corrected chi connectivity index (χ2v) is 9.31. The van der Waals surface area contributed by atoms with Crippen LogP contribution in [0.2, 0.25) is 0 Å². The lowest BCUT2D eigenvalue weighted by atomic mass is 9.85. The average Bonchev–Trinajstić information content (AvgIpc) is 3.28. The molecule has 30 heavy (non-hydrogen) atoms. The third-order valence-electron chi connectivity index (χ3n) is 6.94. The highest BCUT2D eigenvalue weighted by Gasteiger charge is 2.31. The average molecular weight is 412 g/mol. The maximum atomic E-state index is 9.98. The second-order valence-electron chi connectivity index (χ2n) is 9.31. The molecule has 3 N–H and O–H groups in total. The molecule has 3 aliphatic rings. The number of rotatable bonds is 6. The van der Waals surface area contributed by atoms with Gasteiger partial charge in [-0.15, -0.1) is 5.10 Å². The highest BCUT2D eigenvalue weighted by molar-refractivity contribution is 5.80. The number of hydrogen-bond acceptors (Lipinski definition) is 6. The maximum absolute atomic E-state index is 9.98. The minimum absolute atomic E-state index is 0.138. The summed E-state index contributed by atoms with van der Waals surface area (Å²) in [5, 5.41) is 21.9. The van der Waals surface area contributed by atoms with E-state index in [1.165, 1.54) is 29.7 Å². The Morgan fingerprint density at radius 3 is 2.87 bits per heavy atom. The van der Waals surface area contributed by atoms with Crippen molar-refractivity contribution in [3.63, 3.8) is 0 Å². The first-order chi connectivity index (χ1) is 14.6. The Morgan fingerprint density at radius 1 is 1.27 bits per heavy atom. The molecular weight excluding hydrogens is 378 g/mol. The van der Waals surface area contributed by atoms with E-state index in [9.17, 15) is 5.11 Å². The number of nitrogens with one attached hydrogen (secondary N) is 2. The van der Waals surface area contributed by atoms with Gasteiger partial charge in [0.2, 0.25) is 5.95 Å². The van der Waals surface area contributed by atoms with Gasteiger partial charge in [0.05, 0.1) is 24.4 Å². The minimum Gasteiger partial charge on any atom is -0.393 e. The van der Waals surface area contributed by atoms with Gasteiger partial charge in [0.1, 0.15) is 0 Å². The molecule has 2 aromatic heterocycles. The maximum Gasteiger partial charge on any atom is 0.241 e. The zero-order valence-corrected chi connectivity index (χ0v) is 18.0. The van der Waals surface area contributed by atoms with Gasteiger partial charge in [0, 0.05) is 42.4 Å². The molecule has 0 amide bonds. The summed E-state index contributed by atoms with van der Waals surface area (Å²) in [4.78, 5) is 4.63. The van der Waals surface area contributed by atoms with Gasteiger partial charge in [-0.25, -0.2) is 9.50 Å². The third kappa shape index (κ3) is 3.86. The lowest BCUT2D eigenvalue weighted by Gasteiger charge is -2.25. The molecule has 7 nitrogen and oxygen atoms in total. The molecule has 2 bridgehead atoms. The molecule has 162 valence electrons. The fourth-order valence-electron chi connectivity index (χ4n) is 5.43. The number of anilines is 1. The lowest BCUT2D eigenvalue weighted by Crippen LogP contribution is -2.31. The lowest BCUT2D eigenvalue weighted by molar-refractivity contribution is 0.121. The first-order valence-corrected chi connectivity index (χ1v) is 11.4. The van der Waals surface area contributed by atoms with Gasteiger partial charge in [-0.1, -0.05) is 6.08 Å². The van der Waals surface area contributed by atoms with Gasteiger partial charge in [-0.2, -0.15) is 0 Å². The van der Waals surface area contributed by atoms with E-state index in [0.717, 1.165) is 37.6 Å². The Bertz CT molecular complexity index is 931. The number of aliphatic hydroxyl groups is 1. The second kappa shape index (κ2) is 8.29.